The van der Waals surface area contributed by atoms with Crippen LogP contribution in [0.5, 0.6) is 11.5 Å². The van der Waals surface area contributed by atoms with Gasteiger partial charge in [0.2, 0.25) is 0 Å². The van der Waals surface area contributed by atoms with E-state index in [1.807, 2.05) is 0 Å². The third-order valence-corrected chi connectivity index (χ3v) is 3.37. The quantitative estimate of drug-likeness (QED) is 0.735. The van der Waals surface area contributed by atoms with Gasteiger partial charge >= 0.3 is 13.4 Å². The number of benzene rings is 1. The van der Waals surface area contributed by atoms with E-state index in [0.717, 1.165) is 0 Å². The van der Waals surface area contributed by atoms with Gasteiger partial charge in [0, 0.05) is 6.20 Å². The van der Waals surface area contributed by atoms with Gasteiger partial charge in [0.05, 0.1) is 6.04 Å². The van der Waals surface area contributed by atoms with Gasteiger partial charge in [-0.15, -0.1) is 8.78 Å². The molecule has 3 N–H and O–H groups in total. The van der Waals surface area contributed by atoms with Crippen molar-refractivity contribution in [1.29, 1.82) is 0 Å². The van der Waals surface area contributed by atoms with Crippen molar-refractivity contribution < 1.29 is 28.3 Å². The summed E-state index contributed by atoms with van der Waals surface area (Å²) < 4.78 is 34.8. The SMILES string of the molecule is CC(Nc1cc(B(O)O)ccn1)c1ccc2c(c1)OC(F)(F)O2. The minimum absolute atomic E-state index is 0.0190. The molecular formula is C14H13BF2N2O4. The highest BCUT2D eigenvalue weighted by molar-refractivity contribution is 6.58. The second-order valence-corrected chi connectivity index (χ2v) is 5.09. The first-order valence-electron chi connectivity index (χ1n) is 6.82. The van der Waals surface area contributed by atoms with Gasteiger partial charge in [-0.3, -0.25) is 0 Å². The van der Waals surface area contributed by atoms with Crippen molar-refractivity contribution in [1.82, 2.24) is 4.98 Å². The Morgan fingerprint density at radius 1 is 1.17 bits per heavy atom. The number of rotatable bonds is 4. The third-order valence-electron chi connectivity index (χ3n) is 3.37. The first kappa shape index (κ1) is 15.5. The Morgan fingerprint density at radius 3 is 2.65 bits per heavy atom. The molecule has 2 heterocycles. The molecule has 2 aromatic rings. The second kappa shape index (κ2) is 5.67. The van der Waals surface area contributed by atoms with Gasteiger partial charge in [0.15, 0.2) is 11.5 Å². The van der Waals surface area contributed by atoms with Gasteiger partial charge in [-0.2, -0.15) is 0 Å². The summed E-state index contributed by atoms with van der Waals surface area (Å²) in [6.45, 7) is 1.80. The van der Waals surface area contributed by atoms with E-state index in [0.29, 0.717) is 16.8 Å². The van der Waals surface area contributed by atoms with Crippen molar-refractivity contribution in [3.8, 4) is 11.5 Å². The van der Waals surface area contributed by atoms with Crippen molar-refractivity contribution in [3.05, 3.63) is 42.1 Å². The van der Waals surface area contributed by atoms with Crippen LogP contribution in [-0.4, -0.2) is 28.4 Å². The first-order valence-corrected chi connectivity index (χ1v) is 6.82. The standard InChI is InChI=1S/C14H13BF2N2O4/c1-8(19-13-7-10(15(20)21)4-5-18-13)9-2-3-11-12(6-9)23-14(16,17)22-11/h2-8,20-21H,1H3,(H,18,19). The zero-order valence-electron chi connectivity index (χ0n) is 12.0. The lowest BCUT2D eigenvalue weighted by atomic mass is 9.81. The first-order chi connectivity index (χ1) is 10.8. The molecule has 1 atom stereocenters. The molecule has 1 aromatic heterocycles. The topological polar surface area (TPSA) is 83.8 Å². The lowest BCUT2D eigenvalue weighted by Crippen LogP contribution is -2.30. The molecule has 1 aromatic carbocycles. The van der Waals surface area contributed by atoms with Crippen LogP contribution in [-0.2, 0) is 0 Å². The van der Waals surface area contributed by atoms with E-state index in [1.165, 1.54) is 30.5 Å². The number of hydrogen-bond donors (Lipinski definition) is 3. The molecule has 3 rings (SSSR count). The summed E-state index contributed by atoms with van der Waals surface area (Å²) in [5.41, 5.74) is 0.974. The minimum atomic E-state index is -3.65. The number of pyridine rings is 1. The van der Waals surface area contributed by atoms with Crippen LogP contribution in [0.4, 0.5) is 14.6 Å². The fraction of sp³-hybridized carbons (Fsp3) is 0.214. The predicted octanol–water partition coefficient (Wildman–Crippen LogP) is 1.26. The van der Waals surface area contributed by atoms with Gasteiger partial charge in [0.1, 0.15) is 5.82 Å². The third kappa shape index (κ3) is 3.35. The van der Waals surface area contributed by atoms with E-state index < -0.39 is 13.4 Å². The fourth-order valence-electron chi connectivity index (χ4n) is 2.23. The lowest BCUT2D eigenvalue weighted by molar-refractivity contribution is -0.286. The van der Waals surface area contributed by atoms with Crippen LogP contribution in [0.15, 0.2) is 36.5 Å². The maximum Gasteiger partial charge on any atom is 0.586 e. The largest absolute Gasteiger partial charge is 0.586 e. The summed E-state index contributed by atoms with van der Waals surface area (Å²) >= 11 is 0. The number of halogens is 2. The molecule has 0 bridgehead atoms. The second-order valence-electron chi connectivity index (χ2n) is 5.09. The molecular weight excluding hydrogens is 309 g/mol. The fourth-order valence-corrected chi connectivity index (χ4v) is 2.23. The molecule has 23 heavy (non-hydrogen) atoms. The van der Waals surface area contributed by atoms with E-state index >= 15 is 0 Å². The number of anilines is 1. The zero-order chi connectivity index (χ0) is 16.6. The number of alkyl halides is 2. The molecule has 6 nitrogen and oxygen atoms in total. The highest BCUT2D eigenvalue weighted by Gasteiger charge is 2.43. The maximum atomic E-state index is 13.0. The van der Waals surface area contributed by atoms with E-state index in [4.69, 9.17) is 10.0 Å². The Hall–Kier alpha value is -2.39. The Labute approximate surface area is 130 Å². The Bertz CT molecular complexity index is 730. The Balaban J connectivity index is 1.77. The highest BCUT2D eigenvalue weighted by atomic mass is 19.3. The van der Waals surface area contributed by atoms with Gasteiger partial charge < -0.3 is 24.8 Å². The van der Waals surface area contributed by atoms with Crippen LogP contribution < -0.4 is 20.3 Å². The Morgan fingerprint density at radius 2 is 1.91 bits per heavy atom. The number of hydrogen-bond acceptors (Lipinski definition) is 6. The predicted molar refractivity (Wildman–Crippen MR) is 78.7 cm³/mol. The summed E-state index contributed by atoms with van der Waals surface area (Å²) in [6, 6.07) is 7.18. The summed E-state index contributed by atoms with van der Waals surface area (Å²) in [5, 5.41) is 21.4. The molecule has 120 valence electrons. The average Bonchev–Trinajstić information content (AvgIpc) is 2.80. The number of nitrogens with zero attached hydrogens (tertiary/aromatic N) is 1. The molecule has 0 spiro atoms. The molecule has 1 aliphatic rings. The lowest BCUT2D eigenvalue weighted by Gasteiger charge is -2.16. The van der Waals surface area contributed by atoms with E-state index in [1.54, 1.807) is 13.0 Å². The molecule has 1 unspecified atom stereocenters. The van der Waals surface area contributed by atoms with Crippen LogP contribution in [0, 0.1) is 0 Å². The summed E-state index contributed by atoms with van der Waals surface area (Å²) in [5.74, 6) is 0.370. The monoisotopic (exact) mass is 322 g/mol. The molecule has 0 saturated carbocycles. The summed E-state index contributed by atoms with van der Waals surface area (Å²) in [6.07, 6.45) is -2.21. The van der Waals surface area contributed by atoms with E-state index in [9.17, 15) is 8.78 Å². The molecule has 0 fully saturated rings. The van der Waals surface area contributed by atoms with E-state index in [2.05, 4.69) is 19.8 Å². The van der Waals surface area contributed by atoms with Gasteiger partial charge in [-0.05, 0) is 42.2 Å². The number of aromatic nitrogens is 1. The van der Waals surface area contributed by atoms with Crippen LogP contribution in [0.2, 0.25) is 0 Å². The molecule has 0 aliphatic carbocycles. The molecule has 9 heteroatoms. The maximum absolute atomic E-state index is 13.0. The smallest absolute Gasteiger partial charge is 0.423 e. The zero-order valence-corrected chi connectivity index (χ0v) is 12.0. The van der Waals surface area contributed by atoms with Crippen LogP contribution in [0.1, 0.15) is 18.5 Å². The van der Waals surface area contributed by atoms with Crippen molar-refractivity contribution in [2.45, 2.75) is 19.3 Å². The summed E-state index contributed by atoms with van der Waals surface area (Å²) in [4.78, 5) is 4.07. The molecule has 0 saturated heterocycles. The Kier molecular flexibility index (Phi) is 3.82. The van der Waals surface area contributed by atoms with Crippen molar-refractivity contribution >= 4 is 18.4 Å². The molecule has 0 radical (unpaired) electrons. The number of ether oxygens (including phenoxy) is 2. The van der Waals surface area contributed by atoms with Crippen LogP contribution >= 0.6 is 0 Å². The normalized spacial score (nSPS) is 16.0. The van der Waals surface area contributed by atoms with Gasteiger partial charge in [-0.25, -0.2) is 4.98 Å². The van der Waals surface area contributed by atoms with Crippen molar-refractivity contribution in [2.75, 3.05) is 5.32 Å². The van der Waals surface area contributed by atoms with Crippen LogP contribution in [0.3, 0.4) is 0 Å². The van der Waals surface area contributed by atoms with Crippen LogP contribution in [0.25, 0.3) is 0 Å². The minimum Gasteiger partial charge on any atom is -0.423 e. The average molecular weight is 322 g/mol. The molecule has 1 aliphatic heterocycles. The van der Waals surface area contributed by atoms with Gasteiger partial charge in [-0.1, -0.05) is 6.07 Å². The van der Waals surface area contributed by atoms with Crippen molar-refractivity contribution in [3.63, 3.8) is 0 Å². The summed E-state index contributed by atoms with van der Waals surface area (Å²) in [7, 11) is -1.60. The van der Waals surface area contributed by atoms with E-state index in [-0.39, 0.29) is 17.5 Å². The highest BCUT2D eigenvalue weighted by Crippen LogP contribution is 2.42. The number of fused-ring (bicyclic) bond motifs is 1. The van der Waals surface area contributed by atoms with Crippen molar-refractivity contribution in [2.24, 2.45) is 0 Å². The molecule has 0 amide bonds. The number of nitrogens with one attached hydrogen (secondary N) is 1. The van der Waals surface area contributed by atoms with Gasteiger partial charge in [0.25, 0.3) is 0 Å².